The zero-order valence-electron chi connectivity index (χ0n) is 13.3. The molecule has 6 nitrogen and oxygen atoms in total. The third kappa shape index (κ3) is 2.55. The number of rotatable bonds is 2. The van der Waals surface area contributed by atoms with Crippen LogP contribution in [0.15, 0.2) is 12.3 Å². The Morgan fingerprint density at radius 3 is 3.04 bits per heavy atom. The van der Waals surface area contributed by atoms with Gasteiger partial charge in [-0.1, -0.05) is 6.42 Å². The minimum atomic E-state index is -0.493. The molecule has 2 aliphatic heterocycles. The highest BCUT2D eigenvalue weighted by molar-refractivity contribution is 5.93. The number of aromatic nitrogens is 1. The maximum absolute atomic E-state index is 11.5. The quantitative estimate of drug-likeness (QED) is 0.565. The minimum absolute atomic E-state index is 0.340. The Balaban J connectivity index is 1.50. The van der Waals surface area contributed by atoms with E-state index in [2.05, 4.69) is 15.2 Å². The van der Waals surface area contributed by atoms with Crippen molar-refractivity contribution >= 4 is 5.91 Å². The van der Waals surface area contributed by atoms with Gasteiger partial charge in [0, 0.05) is 30.9 Å². The molecule has 1 spiro atoms. The summed E-state index contributed by atoms with van der Waals surface area (Å²) in [5.41, 5.74) is 4.64. The molecule has 1 amide bonds. The van der Waals surface area contributed by atoms with E-state index in [-0.39, 0.29) is 0 Å². The number of carbonyl (C=O) groups is 1. The predicted molar refractivity (Wildman–Crippen MR) is 85.2 cm³/mol. The molecule has 2 atom stereocenters. The highest BCUT2D eigenvalue weighted by Crippen LogP contribution is 2.43. The van der Waals surface area contributed by atoms with E-state index >= 15 is 0 Å². The van der Waals surface area contributed by atoms with Crippen LogP contribution in [0.25, 0.3) is 0 Å². The van der Waals surface area contributed by atoms with E-state index in [1.165, 1.54) is 32.1 Å². The van der Waals surface area contributed by atoms with Crippen LogP contribution in [-0.2, 0) is 13.0 Å². The van der Waals surface area contributed by atoms with Crippen molar-refractivity contribution in [2.45, 2.75) is 56.7 Å². The topological polar surface area (TPSA) is 77.5 Å². The van der Waals surface area contributed by atoms with Crippen LogP contribution < -0.4 is 10.8 Å². The number of piperidine rings is 1. The molecule has 1 aromatic rings. The lowest BCUT2D eigenvalue weighted by Gasteiger charge is -2.57. The molecule has 1 aliphatic carbocycles. The monoisotopic (exact) mass is 316 g/mol. The van der Waals surface area contributed by atoms with Crippen LogP contribution in [-0.4, -0.2) is 45.7 Å². The second kappa shape index (κ2) is 5.85. The molecule has 23 heavy (non-hydrogen) atoms. The minimum Gasteiger partial charge on any atom is -0.310 e. The largest absolute Gasteiger partial charge is 0.310 e. The van der Waals surface area contributed by atoms with Crippen molar-refractivity contribution in [3.05, 3.63) is 29.1 Å². The van der Waals surface area contributed by atoms with Crippen molar-refractivity contribution in [2.24, 2.45) is 0 Å². The van der Waals surface area contributed by atoms with Crippen molar-refractivity contribution in [3.8, 4) is 0 Å². The van der Waals surface area contributed by atoms with Gasteiger partial charge in [0.25, 0.3) is 5.91 Å². The average Bonchev–Trinajstić information content (AvgIpc) is 2.60. The zero-order valence-corrected chi connectivity index (χ0v) is 13.3. The van der Waals surface area contributed by atoms with Gasteiger partial charge in [0.1, 0.15) is 0 Å². The first-order valence-electron chi connectivity index (χ1n) is 8.63. The van der Waals surface area contributed by atoms with Crippen molar-refractivity contribution in [2.75, 3.05) is 13.1 Å². The van der Waals surface area contributed by atoms with Crippen LogP contribution in [0.3, 0.4) is 0 Å². The van der Waals surface area contributed by atoms with Crippen molar-refractivity contribution in [1.29, 1.82) is 0 Å². The Kier molecular flexibility index (Phi) is 3.83. The molecular formula is C17H24N4O2. The Morgan fingerprint density at radius 2 is 2.35 bits per heavy atom. The van der Waals surface area contributed by atoms with Crippen LogP contribution in [0.5, 0.6) is 0 Å². The highest BCUT2D eigenvalue weighted by Gasteiger charge is 2.49. The number of pyridine rings is 1. The van der Waals surface area contributed by atoms with Gasteiger partial charge in [-0.15, -0.1) is 0 Å². The maximum atomic E-state index is 11.5. The van der Waals surface area contributed by atoms with E-state index in [1.54, 1.807) is 11.7 Å². The summed E-state index contributed by atoms with van der Waals surface area (Å²) in [6.45, 7) is 3.04. The lowest BCUT2D eigenvalue weighted by atomic mass is 9.66. The summed E-state index contributed by atoms with van der Waals surface area (Å²) in [6.07, 6.45) is 8.98. The first-order valence-corrected chi connectivity index (χ1v) is 8.63. The second-order valence-electron chi connectivity index (χ2n) is 7.09. The summed E-state index contributed by atoms with van der Waals surface area (Å²) < 4.78 is 0. The standard InChI is InChI=1S/C17H24N4O2/c22-16(20-23)13-9-12-4-8-21(11-14(12)18-10-13)15-3-6-17(15)5-1-2-7-19-17/h9-10,15,19,23H,1-8,11H2,(H,20,22)/t15?,17-/m0/s1. The van der Waals surface area contributed by atoms with Crippen molar-refractivity contribution in [3.63, 3.8) is 0 Å². The Hall–Kier alpha value is -1.50. The van der Waals surface area contributed by atoms with Crippen LogP contribution >= 0.6 is 0 Å². The van der Waals surface area contributed by atoms with Crippen LogP contribution in [0.2, 0.25) is 0 Å². The zero-order chi connectivity index (χ0) is 15.9. The van der Waals surface area contributed by atoms with Gasteiger partial charge in [-0.3, -0.25) is 19.9 Å². The normalized spacial score (nSPS) is 30.6. The molecule has 1 unspecified atom stereocenters. The van der Waals surface area contributed by atoms with Crippen LogP contribution in [0, 0.1) is 0 Å². The highest BCUT2D eigenvalue weighted by atomic mass is 16.5. The molecule has 0 radical (unpaired) electrons. The van der Waals surface area contributed by atoms with E-state index < -0.39 is 5.91 Å². The molecule has 124 valence electrons. The van der Waals surface area contributed by atoms with Gasteiger partial charge in [0.15, 0.2) is 0 Å². The molecule has 3 N–H and O–H groups in total. The van der Waals surface area contributed by atoms with Gasteiger partial charge >= 0.3 is 0 Å². The molecule has 3 aliphatic rings. The summed E-state index contributed by atoms with van der Waals surface area (Å²) in [4.78, 5) is 18.6. The van der Waals surface area contributed by atoms with Gasteiger partial charge in [0.05, 0.1) is 11.3 Å². The number of nitrogens with zero attached hydrogens (tertiary/aromatic N) is 2. The summed E-state index contributed by atoms with van der Waals surface area (Å²) in [6, 6.07) is 2.49. The van der Waals surface area contributed by atoms with E-state index in [0.29, 0.717) is 17.1 Å². The third-order valence-electron chi connectivity index (χ3n) is 5.91. The lowest BCUT2D eigenvalue weighted by Crippen LogP contribution is -2.69. The van der Waals surface area contributed by atoms with E-state index in [1.807, 2.05) is 6.07 Å². The number of amides is 1. The second-order valence-corrected chi connectivity index (χ2v) is 7.09. The number of hydrogen-bond donors (Lipinski definition) is 3. The molecule has 1 saturated heterocycles. The summed E-state index contributed by atoms with van der Waals surface area (Å²) >= 11 is 0. The maximum Gasteiger partial charge on any atom is 0.276 e. The van der Waals surface area contributed by atoms with Crippen molar-refractivity contribution < 1.29 is 10.0 Å². The molecule has 6 heteroatoms. The first kappa shape index (κ1) is 15.1. The van der Waals surface area contributed by atoms with Crippen LogP contribution in [0.4, 0.5) is 0 Å². The number of hydrogen-bond acceptors (Lipinski definition) is 5. The van der Waals surface area contributed by atoms with Crippen LogP contribution in [0.1, 0.15) is 53.7 Å². The number of nitrogens with one attached hydrogen (secondary N) is 2. The number of fused-ring (bicyclic) bond motifs is 1. The Morgan fingerprint density at radius 1 is 1.43 bits per heavy atom. The van der Waals surface area contributed by atoms with Gasteiger partial charge in [-0.05, 0) is 50.3 Å². The number of carbonyl (C=O) groups excluding carboxylic acids is 1. The molecule has 4 rings (SSSR count). The lowest BCUT2D eigenvalue weighted by molar-refractivity contribution is -0.0129. The van der Waals surface area contributed by atoms with E-state index in [0.717, 1.165) is 37.3 Å². The Bertz CT molecular complexity index is 613. The Labute approximate surface area is 136 Å². The fourth-order valence-corrected chi connectivity index (χ4v) is 4.53. The van der Waals surface area contributed by atoms with Crippen molar-refractivity contribution in [1.82, 2.24) is 20.7 Å². The summed E-state index contributed by atoms with van der Waals surface area (Å²) in [7, 11) is 0. The molecule has 1 saturated carbocycles. The smallest absolute Gasteiger partial charge is 0.276 e. The molecule has 0 aromatic carbocycles. The average molecular weight is 316 g/mol. The fraction of sp³-hybridized carbons (Fsp3) is 0.647. The molecule has 3 heterocycles. The van der Waals surface area contributed by atoms with E-state index in [4.69, 9.17) is 5.21 Å². The summed E-state index contributed by atoms with van der Waals surface area (Å²) in [5, 5.41) is 12.5. The molecular weight excluding hydrogens is 292 g/mol. The molecule has 1 aromatic heterocycles. The first-order chi connectivity index (χ1) is 11.2. The van der Waals surface area contributed by atoms with Gasteiger partial charge in [0.2, 0.25) is 0 Å². The molecule has 0 bridgehead atoms. The third-order valence-corrected chi connectivity index (χ3v) is 5.91. The SMILES string of the molecule is O=C(NO)c1cnc2c(c1)CCN(C1CC[C@@]13CCCCN3)C2. The molecule has 2 fully saturated rings. The van der Waals surface area contributed by atoms with Gasteiger partial charge < -0.3 is 5.32 Å². The number of hydroxylamine groups is 1. The fourth-order valence-electron chi connectivity index (χ4n) is 4.53. The van der Waals surface area contributed by atoms with Gasteiger partial charge in [-0.25, -0.2) is 5.48 Å². The summed E-state index contributed by atoms with van der Waals surface area (Å²) in [5.74, 6) is -0.493. The van der Waals surface area contributed by atoms with Gasteiger partial charge in [-0.2, -0.15) is 0 Å². The predicted octanol–water partition coefficient (Wildman–Crippen LogP) is 1.23. The van der Waals surface area contributed by atoms with E-state index in [9.17, 15) is 4.79 Å².